The number of hydrogen-bond donors (Lipinski definition) is 0. The molecule has 2 rings (SSSR count). The highest BCUT2D eigenvalue weighted by molar-refractivity contribution is 9.11. The van der Waals surface area contributed by atoms with E-state index in [1.165, 1.54) is 0 Å². The third-order valence-corrected chi connectivity index (χ3v) is 3.64. The molecule has 112 valence electrons. The van der Waals surface area contributed by atoms with E-state index in [0.29, 0.717) is 11.3 Å². The molecule has 0 aliphatic rings. The van der Waals surface area contributed by atoms with Gasteiger partial charge in [-0.3, -0.25) is 4.79 Å². The van der Waals surface area contributed by atoms with Gasteiger partial charge >= 0.3 is 0 Å². The first-order valence-electron chi connectivity index (χ1n) is 6.90. The lowest BCUT2D eigenvalue weighted by atomic mass is 10.0. The predicted octanol–water partition coefficient (Wildman–Crippen LogP) is 5.26. The highest BCUT2D eigenvalue weighted by Crippen LogP contribution is 2.24. The fourth-order valence-electron chi connectivity index (χ4n) is 2.06. The van der Waals surface area contributed by atoms with Crippen LogP contribution >= 0.6 is 15.9 Å². The van der Waals surface area contributed by atoms with Crippen LogP contribution in [-0.4, -0.2) is 12.9 Å². The number of ether oxygens (including phenoxy) is 1. The van der Waals surface area contributed by atoms with Gasteiger partial charge in [0, 0.05) is 5.56 Å². The number of rotatable bonds is 5. The summed E-state index contributed by atoms with van der Waals surface area (Å²) >= 11 is 3.50. The Hall–Kier alpha value is -2.13. The summed E-state index contributed by atoms with van der Waals surface area (Å²) in [6.45, 7) is 1.96. The molecule has 0 aliphatic heterocycles. The molecule has 0 bridgehead atoms. The molecule has 0 N–H and O–H groups in total. The number of hydrogen-bond acceptors (Lipinski definition) is 2. The van der Waals surface area contributed by atoms with Crippen molar-refractivity contribution in [1.82, 2.24) is 0 Å². The zero-order valence-corrected chi connectivity index (χ0v) is 14.1. The third-order valence-electron chi connectivity index (χ3n) is 3.21. The lowest BCUT2D eigenvalue weighted by Gasteiger charge is -2.05. The van der Waals surface area contributed by atoms with Crippen molar-refractivity contribution in [2.45, 2.75) is 6.92 Å². The molecule has 0 spiro atoms. The molecule has 0 saturated heterocycles. The zero-order valence-electron chi connectivity index (χ0n) is 12.5. The SMILES string of the molecule is COc1cccc(C(=O)/C=C/C(=C(\C)Br)c2ccccc2)c1. The lowest BCUT2D eigenvalue weighted by Crippen LogP contribution is -1.95. The Kier molecular flexibility index (Phi) is 5.73. The van der Waals surface area contributed by atoms with Crippen LogP contribution in [0.5, 0.6) is 5.75 Å². The second-order valence-corrected chi connectivity index (χ2v) is 5.93. The second kappa shape index (κ2) is 7.76. The van der Waals surface area contributed by atoms with Crippen molar-refractivity contribution in [3.63, 3.8) is 0 Å². The summed E-state index contributed by atoms with van der Waals surface area (Å²) < 4.78 is 6.13. The fourth-order valence-corrected chi connectivity index (χ4v) is 2.42. The van der Waals surface area contributed by atoms with Gasteiger partial charge in [-0.1, -0.05) is 58.4 Å². The minimum absolute atomic E-state index is 0.0546. The summed E-state index contributed by atoms with van der Waals surface area (Å²) in [5.41, 5.74) is 2.65. The average molecular weight is 357 g/mol. The number of methoxy groups -OCH3 is 1. The van der Waals surface area contributed by atoms with Crippen LogP contribution in [-0.2, 0) is 0 Å². The molecule has 2 aromatic rings. The van der Waals surface area contributed by atoms with E-state index in [0.717, 1.165) is 15.6 Å². The maximum absolute atomic E-state index is 12.3. The van der Waals surface area contributed by atoms with E-state index >= 15 is 0 Å². The van der Waals surface area contributed by atoms with Crippen LogP contribution < -0.4 is 4.74 Å². The van der Waals surface area contributed by atoms with Crippen LogP contribution in [0.1, 0.15) is 22.8 Å². The quantitative estimate of drug-likeness (QED) is 0.415. The normalized spacial score (nSPS) is 12.1. The number of ketones is 1. The van der Waals surface area contributed by atoms with Gasteiger partial charge in [-0.05, 0) is 46.8 Å². The van der Waals surface area contributed by atoms with Crippen LogP contribution in [0.2, 0.25) is 0 Å². The Labute approximate surface area is 139 Å². The minimum atomic E-state index is -0.0546. The van der Waals surface area contributed by atoms with Crippen LogP contribution in [0.4, 0.5) is 0 Å². The van der Waals surface area contributed by atoms with Gasteiger partial charge in [0.2, 0.25) is 0 Å². The third kappa shape index (κ3) is 4.18. The Morgan fingerprint density at radius 2 is 1.68 bits per heavy atom. The van der Waals surface area contributed by atoms with E-state index in [2.05, 4.69) is 15.9 Å². The lowest BCUT2D eigenvalue weighted by molar-refractivity contribution is 0.104. The Morgan fingerprint density at radius 3 is 2.32 bits per heavy atom. The number of carbonyl (C=O) groups excluding carboxylic acids is 1. The van der Waals surface area contributed by atoms with E-state index in [-0.39, 0.29) is 5.78 Å². The summed E-state index contributed by atoms with van der Waals surface area (Å²) in [6, 6.07) is 17.1. The number of halogens is 1. The van der Waals surface area contributed by atoms with Crippen molar-refractivity contribution in [3.05, 3.63) is 82.4 Å². The van der Waals surface area contributed by atoms with Gasteiger partial charge in [-0.15, -0.1) is 0 Å². The van der Waals surface area contributed by atoms with Gasteiger partial charge < -0.3 is 4.74 Å². The number of carbonyl (C=O) groups is 1. The Balaban J connectivity index is 2.25. The zero-order chi connectivity index (χ0) is 15.9. The molecule has 0 heterocycles. The molecule has 0 radical (unpaired) electrons. The average Bonchev–Trinajstić information content (AvgIpc) is 2.55. The molecule has 0 aromatic heterocycles. The summed E-state index contributed by atoms with van der Waals surface area (Å²) in [6.07, 6.45) is 3.42. The molecule has 0 fully saturated rings. The monoisotopic (exact) mass is 356 g/mol. The second-order valence-electron chi connectivity index (χ2n) is 4.74. The van der Waals surface area contributed by atoms with Crippen molar-refractivity contribution in [1.29, 1.82) is 0 Å². The topological polar surface area (TPSA) is 26.3 Å². The van der Waals surface area contributed by atoms with Gasteiger partial charge in [0.1, 0.15) is 5.75 Å². The Morgan fingerprint density at radius 1 is 1.00 bits per heavy atom. The summed E-state index contributed by atoms with van der Waals surface area (Å²) in [7, 11) is 1.59. The van der Waals surface area contributed by atoms with Crippen LogP contribution in [0.3, 0.4) is 0 Å². The molecule has 0 unspecified atom stereocenters. The Bertz CT molecular complexity index is 711. The first-order chi connectivity index (χ1) is 10.6. The van der Waals surface area contributed by atoms with E-state index in [9.17, 15) is 4.79 Å². The summed E-state index contributed by atoms with van der Waals surface area (Å²) in [5.74, 6) is 0.621. The predicted molar refractivity (Wildman–Crippen MR) is 94.4 cm³/mol. The maximum atomic E-state index is 12.3. The largest absolute Gasteiger partial charge is 0.497 e. The summed E-state index contributed by atoms with van der Waals surface area (Å²) in [5, 5.41) is 0. The fraction of sp³-hybridized carbons (Fsp3) is 0.105. The molecule has 2 aromatic carbocycles. The van der Waals surface area contributed by atoms with Crippen molar-refractivity contribution in [2.75, 3.05) is 7.11 Å². The molecule has 0 aliphatic carbocycles. The molecule has 2 nitrogen and oxygen atoms in total. The molecule has 0 atom stereocenters. The number of allylic oxidation sites excluding steroid dienone is 4. The van der Waals surface area contributed by atoms with Crippen molar-refractivity contribution < 1.29 is 9.53 Å². The maximum Gasteiger partial charge on any atom is 0.185 e. The first kappa shape index (κ1) is 16.2. The highest BCUT2D eigenvalue weighted by Gasteiger charge is 2.05. The van der Waals surface area contributed by atoms with E-state index in [1.54, 1.807) is 25.3 Å². The van der Waals surface area contributed by atoms with Crippen molar-refractivity contribution >= 4 is 27.3 Å². The minimum Gasteiger partial charge on any atom is -0.497 e. The highest BCUT2D eigenvalue weighted by atomic mass is 79.9. The molecular formula is C19H17BrO2. The van der Waals surface area contributed by atoms with Crippen LogP contribution in [0.25, 0.3) is 5.57 Å². The van der Waals surface area contributed by atoms with E-state index in [4.69, 9.17) is 4.74 Å². The van der Waals surface area contributed by atoms with E-state index in [1.807, 2.05) is 55.5 Å². The molecule has 0 amide bonds. The van der Waals surface area contributed by atoms with Crippen LogP contribution in [0.15, 0.2) is 71.2 Å². The standard InChI is InChI=1S/C19H17BrO2/c1-14(20)18(15-7-4-3-5-8-15)11-12-19(21)16-9-6-10-17(13-16)22-2/h3-13H,1-2H3/b12-11+,18-14-. The number of benzene rings is 2. The van der Waals surface area contributed by atoms with E-state index < -0.39 is 0 Å². The first-order valence-corrected chi connectivity index (χ1v) is 7.69. The van der Waals surface area contributed by atoms with Gasteiger partial charge in [-0.25, -0.2) is 0 Å². The van der Waals surface area contributed by atoms with Crippen molar-refractivity contribution in [3.8, 4) is 5.75 Å². The van der Waals surface area contributed by atoms with Gasteiger partial charge in [0.15, 0.2) is 5.78 Å². The molecular weight excluding hydrogens is 340 g/mol. The van der Waals surface area contributed by atoms with Gasteiger partial charge in [0.25, 0.3) is 0 Å². The molecule has 22 heavy (non-hydrogen) atoms. The van der Waals surface area contributed by atoms with Gasteiger partial charge in [-0.2, -0.15) is 0 Å². The van der Waals surface area contributed by atoms with Gasteiger partial charge in [0.05, 0.1) is 7.11 Å². The summed E-state index contributed by atoms with van der Waals surface area (Å²) in [4.78, 5) is 12.3. The molecule has 3 heteroatoms. The van der Waals surface area contributed by atoms with Crippen molar-refractivity contribution in [2.24, 2.45) is 0 Å². The van der Waals surface area contributed by atoms with Crippen LogP contribution in [0, 0.1) is 0 Å². The molecule has 0 saturated carbocycles. The smallest absolute Gasteiger partial charge is 0.185 e.